The average Bonchev–Trinajstić information content (AvgIpc) is 3.09. The minimum atomic E-state index is -0.0653. The van der Waals surface area contributed by atoms with Crippen molar-refractivity contribution in [3.8, 4) is 11.3 Å². The number of amides is 2. The average molecular weight is 436 g/mol. The van der Waals surface area contributed by atoms with Gasteiger partial charge in [-0.1, -0.05) is 41.9 Å². The number of benzene rings is 1. The van der Waals surface area contributed by atoms with Crippen LogP contribution in [0.25, 0.3) is 11.3 Å². The Hall–Kier alpha value is -1.73. The maximum Gasteiger partial charge on any atom is 0.229 e. The third-order valence-corrected chi connectivity index (χ3v) is 5.78. The maximum absolute atomic E-state index is 12.5. The normalized spacial score (nSPS) is 15.3. The Kier molecular flexibility index (Phi) is 6.09. The number of thiazole rings is 1. The van der Waals surface area contributed by atoms with Crippen LogP contribution in [-0.4, -0.2) is 34.8 Å². The SMILES string of the molecule is CC(C)C(=O)N1CCC(C(=O)Nc2nc(-c3cccc(Br)c3)cs2)CC1. The van der Waals surface area contributed by atoms with Gasteiger partial charge in [0.2, 0.25) is 11.8 Å². The molecule has 2 aromatic rings. The van der Waals surface area contributed by atoms with Crippen molar-refractivity contribution in [3.05, 3.63) is 34.1 Å². The number of nitrogens with zero attached hydrogens (tertiary/aromatic N) is 2. The number of carbonyl (C=O) groups is 2. The molecule has 0 saturated carbocycles. The molecule has 1 N–H and O–H groups in total. The third kappa shape index (κ3) is 4.51. The Balaban J connectivity index is 1.57. The molecule has 1 aromatic carbocycles. The number of rotatable bonds is 4. The lowest BCUT2D eigenvalue weighted by Crippen LogP contribution is -2.43. The van der Waals surface area contributed by atoms with Gasteiger partial charge in [-0.2, -0.15) is 0 Å². The number of aromatic nitrogens is 1. The van der Waals surface area contributed by atoms with E-state index >= 15 is 0 Å². The van der Waals surface area contributed by atoms with Crippen LogP contribution in [0.2, 0.25) is 0 Å². The fraction of sp³-hybridized carbons (Fsp3) is 0.421. The minimum Gasteiger partial charge on any atom is -0.342 e. The summed E-state index contributed by atoms with van der Waals surface area (Å²) in [7, 11) is 0. The standard InChI is InChI=1S/C19H22BrN3O2S/c1-12(2)18(25)23-8-6-13(7-9-23)17(24)22-19-21-16(11-26-19)14-4-3-5-15(20)10-14/h3-5,10-13H,6-9H2,1-2H3,(H,21,22,24). The summed E-state index contributed by atoms with van der Waals surface area (Å²) in [6.07, 6.45) is 1.41. The van der Waals surface area contributed by atoms with Gasteiger partial charge in [-0.05, 0) is 25.0 Å². The third-order valence-electron chi connectivity index (χ3n) is 4.53. The van der Waals surface area contributed by atoms with Gasteiger partial charge in [-0.25, -0.2) is 4.98 Å². The highest BCUT2D eigenvalue weighted by atomic mass is 79.9. The number of likely N-dealkylation sites (tertiary alicyclic amines) is 1. The van der Waals surface area contributed by atoms with Gasteiger partial charge in [-0.15, -0.1) is 11.3 Å². The van der Waals surface area contributed by atoms with Gasteiger partial charge in [0.1, 0.15) is 0 Å². The summed E-state index contributed by atoms with van der Waals surface area (Å²) in [5, 5.41) is 5.50. The van der Waals surface area contributed by atoms with E-state index in [0.29, 0.717) is 31.1 Å². The van der Waals surface area contributed by atoms with Gasteiger partial charge in [0.15, 0.2) is 5.13 Å². The van der Waals surface area contributed by atoms with Crippen molar-refractivity contribution in [2.45, 2.75) is 26.7 Å². The summed E-state index contributed by atoms with van der Waals surface area (Å²) in [4.78, 5) is 31.0. The Morgan fingerprint density at radius 1 is 1.31 bits per heavy atom. The quantitative estimate of drug-likeness (QED) is 0.773. The Bertz CT molecular complexity index is 798. The second-order valence-electron chi connectivity index (χ2n) is 6.79. The molecule has 0 aliphatic carbocycles. The number of hydrogen-bond acceptors (Lipinski definition) is 4. The van der Waals surface area contributed by atoms with Crippen molar-refractivity contribution < 1.29 is 9.59 Å². The van der Waals surface area contributed by atoms with E-state index in [1.165, 1.54) is 11.3 Å². The monoisotopic (exact) mass is 435 g/mol. The molecular weight excluding hydrogens is 414 g/mol. The molecule has 0 bridgehead atoms. The highest BCUT2D eigenvalue weighted by Crippen LogP contribution is 2.28. The summed E-state index contributed by atoms with van der Waals surface area (Å²) in [6, 6.07) is 7.92. The molecule has 26 heavy (non-hydrogen) atoms. The number of hydrogen-bond donors (Lipinski definition) is 1. The number of halogens is 1. The Labute approximate surface area is 165 Å². The Morgan fingerprint density at radius 2 is 2.04 bits per heavy atom. The molecular formula is C19H22BrN3O2S. The highest BCUT2D eigenvalue weighted by Gasteiger charge is 2.28. The van der Waals surface area contributed by atoms with Crippen molar-refractivity contribution in [2.24, 2.45) is 11.8 Å². The molecule has 1 saturated heterocycles. The van der Waals surface area contributed by atoms with E-state index in [-0.39, 0.29) is 23.7 Å². The lowest BCUT2D eigenvalue weighted by molar-refractivity contribution is -0.137. The first-order chi connectivity index (χ1) is 12.4. The van der Waals surface area contributed by atoms with Gasteiger partial charge in [0.25, 0.3) is 0 Å². The van der Waals surface area contributed by atoms with Gasteiger partial charge in [0, 0.05) is 40.3 Å². The van der Waals surface area contributed by atoms with Crippen LogP contribution in [0.1, 0.15) is 26.7 Å². The van der Waals surface area contributed by atoms with Crippen molar-refractivity contribution in [2.75, 3.05) is 18.4 Å². The molecule has 5 nitrogen and oxygen atoms in total. The number of carbonyl (C=O) groups excluding carboxylic acids is 2. The smallest absolute Gasteiger partial charge is 0.229 e. The minimum absolute atomic E-state index is 0.00297. The second-order valence-corrected chi connectivity index (χ2v) is 8.57. The first-order valence-electron chi connectivity index (χ1n) is 8.75. The van der Waals surface area contributed by atoms with Gasteiger partial charge >= 0.3 is 0 Å². The molecule has 0 radical (unpaired) electrons. The van der Waals surface area contributed by atoms with Crippen molar-refractivity contribution in [3.63, 3.8) is 0 Å². The largest absolute Gasteiger partial charge is 0.342 e. The van der Waals surface area contributed by atoms with Gasteiger partial charge in [-0.3, -0.25) is 9.59 Å². The first-order valence-corrected chi connectivity index (χ1v) is 10.4. The van der Waals surface area contributed by atoms with E-state index in [0.717, 1.165) is 15.7 Å². The summed E-state index contributed by atoms with van der Waals surface area (Å²) >= 11 is 4.89. The first kappa shape index (κ1) is 19.0. The van der Waals surface area contributed by atoms with E-state index in [2.05, 4.69) is 26.2 Å². The topological polar surface area (TPSA) is 62.3 Å². The summed E-state index contributed by atoms with van der Waals surface area (Å²) in [5.41, 5.74) is 1.86. The molecule has 1 aromatic heterocycles. The van der Waals surface area contributed by atoms with E-state index in [1.807, 2.05) is 48.4 Å². The number of piperidine rings is 1. The molecule has 0 unspecified atom stereocenters. The second kappa shape index (κ2) is 8.31. The Morgan fingerprint density at radius 3 is 2.69 bits per heavy atom. The van der Waals surface area contributed by atoms with E-state index in [1.54, 1.807) is 0 Å². The molecule has 2 heterocycles. The zero-order valence-electron chi connectivity index (χ0n) is 14.9. The van der Waals surface area contributed by atoms with Crippen LogP contribution in [0.5, 0.6) is 0 Å². The van der Waals surface area contributed by atoms with Crippen LogP contribution in [0.4, 0.5) is 5.13 Å². The van der Waals surface area contributed by atoms with Crippen LogP contribution in [-0.2, 0) is 9.59 Å². The van der Waals surface area contributed by atoms with Gasteiger partial charge in [0.05, 0.1) is 5.69 Å². The maximum atomic E-state index is 12.5. The van der Waals surface area contributed by atoms with Crippen molar-refractivity contribution in [1.29, 1.82) is 0 Å². The molecule has 2 amide bonds. The predicted octanol–water partition coefficient (Wildman–Crippen LogP) is 4.41. The van der Waals surface area contributed by atoms with Crippen molar-refractivity contribution >= 4 is 44.2 Å². The molecule has 0 spiro atoms. The summed E-state index contributed by atoms with van der Waals surface area (Å²) < 4.78 is 0.997. The fourth-order valence-electron chi connectivity index (χ4n) is 3.05. The van der Waals surface area contributed by atoms with Crippen LogP contribution < -0.4 is 5.32 Å². The van der Waals surface area contributed by atoms with Crippen LogP contribution in [0.3, 0.4) is 0 Å². The van der Waals surface area contributed by atoms with Gasteiger partial charge < -0.3 is 10.2 Å². The summed E-state index contributed by atoms with van der Waals surface area (Å²) in [6.45, 7) is 5.12. The lowest BCUT2D eigenvalue weighted by atomic mass is 9.95. The highest BCUT2D eigenvalue weighted by molar-refractivity contribution is 9.10. The van der Waals surface area contributed by atoms with Crippen LogP contribution >= 0.6 is 27.3 Å². The van der Waals surface area contributed by atoms with Crippen molar-refractivity contribution in [1.82, 2.24) is 9.88 Å². The summed E-state index contributed by atoms with van der Waals surface area (Å²) in [5.74, 6) is 0.107. The molecule has 0 atom stereocenters. The molecule has 3 rings (SSSR count). The molecule has 1 fully saturated rings. The zero-order chi connectivity index (χ0) is 18.7. The van der Waals surface area contributed by atoms with Crippen LogP contribution in [0.15, 0.2) is 34.1 Å². The number of anilines is 1. The fourth-order valence-corrected chi connectivity index (χ4v) is 4.17. The van der Waals surface area contributed by atoms with E-state index < -0.39 is 0 Å². The van der Waals surface area contributed by atoms with E-state index in [9.17, 15) is 9.59 Å². The zero-order valence-corrected chi connectivity index (χ0v) is 17.3. The van der Waals surface area contributed by atoms with E-state index in [4.69, 9.17) is 0 Å². The number of nitrogens with one attached hydrogen (secondary N) is 1. The molecule has 1 aliphatic heterocycles. The molecule has 7 heteroatoms. The lowest BCUT2D eigenvalue weighted by Gasteiger charge is -2.32. The molecule has 138 valence electrons. The predicted molar refractivity (Wildman–Crippen MR) is 108 cm³/mol. The van der Waals surface area contributed by atoms with Crippen LogP contribution in [0, 0.1) is 11.8 Å². The molecule has 1 aliphatic rings.